The lowest BCUT2D eigenvalue weighted by Gasteiger charge is -2.20. The second kappa shape index (κ2) is 18.2. The normalized spacial score (nSPS) is 12.4. The molecular formula is C26H49NO4. The van der Waals surface area contributed by atoms with E-state index in [-0.39, 0.29) is 24.5 Å². The molecule has 0 aromatic rings. The first-order chi connectivity index (χ1) is 14.7. The average molecular weight is 440 g/mol. The molecule has 5 heteroatoms. The van der Waals surface area contributed by atoms with E-state index in [4.69, 9.17) is 4.74 Å². The number of Topliss-reactive ketones (excluding diaryl/α,β-unsaturated/α-hetero) is 1. The van der Waals surface area contributed by atoms with Crippen LogP contribution in [0.2, 0.25) is 0 Å². The van der Waals surface area contributed by atoms with Gasteiger partial charge in [0.25, 0.3) is 0 Å². The van der Waals surface area contributed by atoms with Crippen LogP contribution < -0.4 is 5.32 Å². The predicted octanol–water partition coefficient (Wildman–Crippen LogP) is 6.52. The Morgan fingerprint density at radius 3 is 1.61 bits per heavy atom. The number of hydrogen-bond acceptors (Lipinski definition) is 4. The monoisotopic (exact) mass is 439 g/mol. The van der Waals surface area contributed by atoms with Crippen molar-refractivity contribution in [1.82, 2.24) is 5.32 Å². The zero-order chi connectivity index (χ0) is 23.5. The van der Waals surface area contributed by atoms with Crippen LogP contribution in [0.1, 0.15) is 130 Å². The topological polar surface area (TPSA) is 72.5 Å². The smallest absolute Gasteiger partial charge is 0.328 e. The van der Waals surface area contributed by atoms with Crippen LogP contribution in [0.15, 0.2) is 0 Å². The van der Waals surface area contributed by atoms with Crippen LogP contribution in [0.25, 0.3) is 0 Å². The Morgan fingerprint density at radius 1 is 0.742 bits per heavy atom. The van der Waals surface area contributed by atoms with Gasteiger partial charge >= 0.3 is 5.97 Å². The van der Waals surface area contributed by atoms with E-state index in [0.29, 0.717) is 6.42 Å². The summed E-state index contributed by atoms with van der Waals surface area (Å²) in [6, 6.07) is -0.745. The lowest BCUT2D eigenvalue weighted by molar-refractivity contribution is -0.145. The number of methoxy groups -OCH3 is 1. The Morgan fingerprint density at radius 2 is 1.19 bits per heavy atom. The van der Waals surface area contributed by atoms with Crippen molar-refractivity contribution in [3.63, 3.8) is 0 Å². The van der Waals surface area contributed by atoms with E-state index in [1.54, 1.807) is 0 Å². The molecule has 0 aromatic carbocycles. The summed E-state index contributed by atoms with van der Waals surface area (Å²) in [6.45, 7) is 7.82. The van der Waals surface area contributed by atoms with Gasteiger partial charge < -0.3 is 10.1 Å². The van der Waals surface area contributed by atoms with Gasteiger partial charge in [0.15, 0.2) is 0 Å². The van der Waals surface area contributed by atoms with Crippen LogP contribution in [0, 0.1) is 5.41 Å². The van der Waals surface area contributed by atoms with Crippen molar-refractivity contribution in [2.24, 2.45) is 5.41 Å². The highest BCUT2D eigenvalue weighted by molar-refractivity contribution is 5.87. The van der Waals surface area contributed by atoms with Gasteiger partial charge in [-0.25, -0.2) is 4.79 Å². The molecule has 0 saturated carbocycles. The molecule has 0 rings (SSSR count). The molecule has 5 nitrogen and oxygen atoms in total. The third kappa shape index (κ3) is 16.9. The van der Waals surface area contributed by atoms with Gasteiger partial charge in [0, 0.05) is 18.3 Å². The van der Waals surface area contributed by atoms with Gasteiger partial charge in [-0.05, 0) is 12.8 Å². The summed E-state index contributed by atoms with van der Waals surface area (Å²) < 4.78 is 4.79. The number of carbonyl (C=O) groups excluding carboxylic acids is 3. The number of hydrogen-bond donors (Lipinski definition) is 1. The number of rotatable bonds is 19. The SMILES string of the molecule is CCCCCCCCCCCCCCCC(=O)NC(CCC(=O)C(C)(C)C)C(=O)OC. The highest BCUT2D eigenvalue weighted by atomic mass is 16.5. The van der Waals surface area contributed by atoms with Gasteiger partial charge in [-0.3, -0.25) is 9.59 Å². The van der Waals surface area contributed by atoms with Crippen molar-refractivity contribution >= 4 is 17.7 Å². The summed E-state index contributed by atoms with van der Waals surface area (Å²) in [5.74, 6) is -0.547. The van der Waals surface area contributed by atoms with Gasteiger partial charge in [0.1, 0.15) is 11.8 Å². The minimum absolute atomic E-state index is 0.0761. The first-order valence-corrected chi connectivity index (χ1v) is 12.6. The number of unbranched alkanes of at least 4 members (excludes halogenated alkanes) is 12. The third-order valence-electron chi connectivity index (χ3n) is 5.82. The average Bonchev–Trinajstić information content (AvgIpc) is 2.72. The van der Waals surface area contributed by atoms with Crippen molar-refractivity contribution in [2.45, 2.75) is 136 Å². The fraction of sp³-hybridized carbons (Fsp3) is 0.885. The number of ketones is 1. The maximum atomic E-state index is 12.2. The van der Waals surface area contributed by atoms with Gasteiger partial charge in [-0.2, -0.15) is 0 Å². The van der Waals surface area contributed by atoms with E-state index in [1.807, 2.05) is 20.8 Å². The Balaban J connectivity index is 3.84. The molecule has 0 radical (unpaired) electrons. The minimum atomic E-state index is -0.745. The van der Waals surface area contributed by atoms with Crippen LogP contribution in [-0.4, -0.2) is 30.8 Å². The van der Waals surface area contributed by atoms with Crippen LogP contribution in [-0.2, 0) is 19.1 Å². The lowest BCUT2D eigenvalue weighted by atomic mass is 9.87. The molecule has 1 amide bonds. The highest BCUT2D eigenvalue weighted by Crippen LogP contribution is 2.19. The Labute approximate surface area is 191 Å². The van der Waals surface area contributed by atoms with Crippen LogP contribution in [0.3, 0.4) is 0 Å². The summed E-state index contributed by atoms with van der Waals surface area (Å²) in [7, 11) is 1.31. The first kappa shape index (κ1) is 29.6. The molecular weight excluding hydrogens is 390 g/mol. The van der Waals surface area contributed by atoms with Crippen LogP contribution >= 0.6 is 0 Å². The van der Waals surface area contributed by atoms with Crippen molar-refractivity contribution < 1.29 is 19.1 Å². The predicted molar refractivity (Wildman–Crippen MR) is 128 cm³/mol. The first-order valence-electron chi connectivity index (χ1n) is 12.6. The van der Waals surface area contributed by atoms with Gasteiger partial charge in [-0.1, -0.05) is 105 Å². The number of carbonyl (C=O) groups is 3. The Bertz CT molecular complexity index is 496. The van der Waals surface area contributed by atoms with Crippen LogP contribution in [0.4, 0.5) is 0 Å². The molecule has 1 N–H and O–H groups in total. The highest BCUT2D eigenvalue weighted by Gasteiger charge is 2.26. The van der Waals surface area contributed by atoms with Crippen molar-refractivity contribution in [1.29, 1.82) is 0 Å². The molecule has 1 atom stereocenters. The molecule has 0 bridgehead atoms. The van der Waals surface area contributed by atoms with Crippen LogP contribution in [0.5, 0.6) is 0 Å². The lowest BCUT2D eigenvalue weighted by Crippen LogP contribution is -2.42. The van der Waals surface area contributed by atoms with Crippen molar-refractivity contribution in [2.75, 3.05) is 7.11 Å². The molecule has 0 saturated heterocycles. The fourth-order valence-electron chi connectivity index (χ4n) is 3.61. The molecule has 0 aromatic heterocycles. The quantitative estimate of drug-likeness (QED) is 0.184. The Hall–Kier alpha value is -1.39. The molecule has 0 fully saturated rings. The molecule has 0 aliphatic heterocycles. The van der Waals surface area contributed by atoms with E-state index in [2.05, 4.69) is 12.2 Å². The number of esters is 1. The second-order valence-electron chi connectivity index (χ2n) is 9.85. The summed E-state index contributed by atoms with van der Waals surface area (Å²) in [5, 5.41) is 2.75. The van der Waals surface area contributed by atoms with E-state index in [0.717, 1.165) is 19.3 Å². The van der Waals surface area contributed by atoms with Crippen molar-refractivity contribution in [3.05, 3.63) is 0 Å². The summed E-state index contributed by atoms with van der Waals surface area (Å²) in [4.78, 5) is 36.3. The summed E-state index contributed by atoms with van der Waals surface area (Å²) in [6.07, 6.45) is 17.4. The Kier molecular flexibility index (Phi) is 17.4. The minimum Gasteiger partial charge on any atom is -0.467 e. The summed E-state index contributed by atoms with van der Waals surface area (Å²) in [5.41, 5.74) is -0.445. The fourth-order valence-corrected chi connectivity index (χ4v) is 3.61. The molecule has 31 heavy (non-hydrogen) atoms. The van der Waals surface area contributed by atoms with Crippen molar-refractivity contribution in [3.8, 4) is 0 Å². The molecule has 1 unspecified atom stereocenters. The summed E-state index contributed by atoms with van der Waals surface area (Å²) >= 11 is 0. The van der Waals surface area contributed by atoms with Gasteiger partial charge in [0.2, 0.25) is 5.91 Å². The van der Waals surface area contributed by atoms with E-state index < -0.39 is 17.4 Å². The number of nitrogens with one attached hydrogen (secondary N) is 1. The zero-order valence-electron chi connectivity index (χ0n) is 21.0. The number of ether oxygens (including phenoxy) is 1. The molecule has 182 valence electrons. The second-order valence-corrected chi connectivity index (χ2v) is 9.85. The maximum absolute atomic E-state index is 12.2. The van der Waals surface area contributed by atoms with E-state index in [9.17, 15) is 14.4 Å². The van der Waals surface area contributed by atoms with Gasteiger partial charge in [-0.15, -0.1) is 0 Å². The largest absolute Gasteiger partial charge is 0.467 e. The molecule has 0 spiro atoms. The number of amides is 1. The standard InChI is InChI=1S/C26H49NO4/c1-6-7-8-9-10-11-12-13-14-15-16-17-18-19-24(29)27-22(25(30)31-5)20-21-23(28)26(2,3)4/h22H,6-21H2,1-5H3,(H,27,29). The molecule has 0 heterocycles. The zero-order valence-corrected chi connectivity index (χ0v) is 21.0. The maximum Gasteiger partial charge on any atom is 0.328 e. The van der Waals surface area contributed by atoms with E-state index >= 15 is 0 Å². The third-order valence-corrected chi connectivity index (χ3v) is 5.82. The van der Waals surface area contributed by atoms with Gasteiger partial charge in [0.05, 0.1) is 7.11 Å². The van der Waals surface area contributed by atoms with E-state index in [1.165, 1.54) is 71.3 Å². The molecule has 0 aliphatic rings. The molecule has 0 aliphatic carbocycles.